The third-order valence-corrected chi connectivity index (χ3v) is 4.81. The van der Waals surface area contributed by atoms with Crippen molar-refractivity contribution in [1.29, 1.82) is 0 Å². The lowest BCUT2D eigenvalue weighted by Gasteiger charge is -2.21. The van der Waals surface area contributed by atoms with Crippen molar-refractivity contribution >= 4 is 18.2 Å². The van der Waals surface area contributed by atoms with Gasteiger partial charge in [0.25, 0.3) is 5.78 Å². The number of hydrogen-bond acceptors (Lipinski definition) is 5. The van der Waals surface area contributed by atoms with Crippen molar-refractivity contribution in [3.05, 3.63) is 42.9 Å². The monoisotopic (exact) mass is 417 g/mol. The number of benzene rings is 1. The lowest BCUT2D eigenvalue weighted by Crippen LogP contribution is -2.28. The summed E-state index contributed by atoms with van der Waals surface area (Å²) >= 11 is 0. The van der Waals surface area contributed by atoms with Crippen LogP contribution in [0.2, 0.25) is 0 Å². The lowest BCUT2D eigenvalue weighted by atomic mass is 10.1. The molecular weight excluding hydrogens is 386 g/mol. The summed E-state index contributed by atoms with van der Waals surface area (Å²) in [5.74, 6) is 1.50. The number of halogens is 1. The molecule has 0 spiro atoms. The Labute approximate surface area is 179 Å². The molecule has 29 heavy (non-hydrogen) atoms. The highest BCUT2D eigenvalue weighted by Crippen LogP contribution is 2.20. The number of imidazole rings is 1. The molecule has 0 fully saturated rings. The van der Waals surface area contributed by atoms with Crippen LogP contribution in [0.3, 0.4) is 0 Å². The molecule has 2 heterocycles. The Morgan fingerprint density at radius 2 is 1.62 bits per heavy atom. The first-order valence-electron chi connectivity index (χ1n) is 10.4. The molecule has 0 N–H and O–H groups in total. The van der Waals surface area contributed by atoms with Crippen LogP contribution < -0.4 is 4.74 Å². The van der Waals surface area contributed by atoms with Crippen molar-refractivity contribution in [3.8, 4) is 17.0 Å². The molecule has 6 nitrogen and oxygen atoms in total. The first-order valence-corrected chi connectivity index (χ1v) is 10.4. The summed E-state index contributed by atoms with van der Waals surface area (Å²) in [6, 6.07) is 8.05. The molecule has 0 aliphatic heterocycles. The minimum absolute atomic E-state index is 0. The van der Waals surface area contributed by atoms with Crippen molar-refractivity contribution in [3.63, 3.8) is 0 Å². The van der Waals surface area contributed by atoms with Crippen molar-refractivity contribution in [2.24, 2.45) is 0 Å². The summed E-state index contributed by atoms with van der Waals surface area (Å²) in [4.78, 5) is 11.0. The highest BCUT2D eigenvalue weighted by molar-refractivity contribution is 5.85. The Morgan fingerprint density at radius 3 is 2.31 bits per heavy atom. The predicted molar refractivity (Wildman–Crippen MR) is 120 cm³/mol. The van der Waals surface area contributed by atoms with Gasteiger partial charge >= 0.3 is 0 Å². The van der Waals surface area contributed by atoms with Crippen LogP contribution in [0.15, 0.2) is 42.9 Å². The van der Waals surface area contributed by atoms with Crippen LogP contribution >= 0.6 is 12.4 Å². The predicted octanol–water partition coefficient (Wildman–Crippen LogP) is 4.88. The third kappa shape index (κ3) is 6.98. The zero-order valence-corrected chi connectivity index (χ0v) is 18.3. The molecule has 0 saturated carbocycles. The summed E-state index contributed by atoms with van der Waals surface area (Å²) in [7, 11) is 0. The first kappa shape index (κ1) is 23.1. The highest BCUT2D eigenvalue weighted by Gasteiger charge is 2.05. The molecule has 0 bridgehead atoms. The van der Waals surface area contributed by atoms with Crippen LogP contribution in [0.1, 0.15) is 46.0 Å². The molecule has 2 aromatic heterocycles. The topological polar surface area (TPSA) is 55.5 Å². The minimum atomic E-state index is 0. The fourth-order valence-corrected chi connectivity index (χ4v) is 3.15. The molecule has 3 aromatic rings. The second kappa shape index (κ2) is 12.4. The van der Waals surface area contributed by atoms with E-state index in [2.05, 4.69) is 33.8 Å². The number of nitrogens with zero attached hydrogens (tertiary/aromatic N) is 5. The molecule has 0 radical (unpaired) electrons. The van der Waals surface area contributed by atoms with Gasteiger partial charge in [0, 0.05) is 18.3 Å². The zero-order valence-electron chi connectivity index (χ0n) is 17.5. The van der Waals surface area contributed by atoms with E-state index in [-0.39, 0.29) is 12.4 Å². The smallest absolute Gasteiger partial charge is 0.250 e. The van der Waals surface area contributed by atoms with Crippen molar-refractivity contribution in [2.45, 2.75) is 46.0 Å². The summed E-state index contributed by atoms with van der Waals surface area (Å²) < 4.78 is 7.62. The third-order valence-electron chi connectivity index (χ3n) is 4.81. The van der Waals surface area contributed by atoms with E-state index in [4.69, 9.17) is 4.74 Å². The fraction of sp³-hybridized carbons (Fsp3) is 0.500. The minimum Gasteiger partial charge on any atom is -0.494 e. The zero-order chi connectivity index (χ0) is 19.6. The SMILES string of the molecule is CCCCN(CCCC)CCCOc1ccc(-c2cnc3nccn3n2)cc1.Cl. The first-order chi connectivity index (χ1) is 13.8. The Morgan fingerprint density at radius 1 is 0.931 bits per heavy atom. The molecule has 0 amide bonds. The summed E-state index contributed by atoms with van der Waals surface area (Å²) in [6.07, 6.45) is 11.4. The Balaban J connectivity index is 0.00000300. The Bertz CT molecular complexity index is 829. The van der Waals surface area contributed by atoms with E-state index in [1.807, 2.05) is 24.3 Å². The summed E-state index contributed by atoms with van der Waals surface area (Å²) in [6.45, 7) is 8.77. The second-order valence-electron chi connectivity index (χ2n) is 7.09. The van der Waals surface area contributed by atoms with Crippen molar-refractivity contribution < 1.29 is 4.74 Å². The van der Waals surface area contributed by atoms with E-state index >= 15 is 0 Å². The maximum atomic E-state index is 5.94. The van der Waals surface area contributed by atoms with Crippen LogP contribution in [0.4, 0.5) is 0 Å². The van der Waals surface area contributed by atoms with Gasteiger partial charge in [-0.1, -0.05) is 26.7 Å². The number of unbranched alkanes of at least 4 members (excludes halogenated alkanes) is 2. The van der Waals surface area contributed by atoms with Gasteiger partial charge in [0.1, 0.15) is 11.4 Å². The molecule has 1 aromatic carbocycles. The summed E-state index contributed by atoms with van der Waals surface area (Å²) in [5, 5.41) is 4.52. The Hall–Kier alpha value is -2.18. The molecule has 158 valence electrons. The normalized spacial score (nSPS) is 11.0. The number of fused-ring (bicyclic) bond motifs is 1. The standard InChI is InChI=1S/C22H31N5O.ClH/c1-3-5-13-26(14-6-4-2)15-7-17-28-20-10-8-19(9-11-20)21-18-24-22-23-12-16-27(22)25-21;/h8-12,16,18H,3-7,13-15,17H2,1-2H3;1H. The van der Waals surface area contributed by atoms with Crippen LogP contribution in [0, 0.1) is 0 Å². The van der Waals surface area contributed by atoms with Gasteiger partial charge in [-0.15, -0.1) is 12.4 Å². The molecule has 0 aliphatic rings. The van der Waals surface area contributed by atoms with Gasteiger partial charge in [-0.05, 0) is 56.6 Å². The van der Waals surface area contributed by atoms with Crippen LogP contribution in [0.5, 0.6) is 5.75 Å². The largest absolute Gasteiger partial charge is 0.494 e. The highest BCUT2D eigenvalue weighted by atomic mass is 35.5. The summed E-state index contributed by atoms with van der Waals surface area (Å²) in [5.41, 5.74) is 1.83. The lowest BCUT2D eigenvalue weighted by molar-refractivity contribution is 0.229. The van der Waals surface area contributed by atoms with Crippen LogP contribution in [-0.2, 0) is 0 Å². The molecule has 7 heteroatoms. The van der Waals surface area contributed by atoms with Crippen LogP contribution in [-0.4, -0.2) is 50.7 Å². The molecule has 0 atom stereocenters. The molecular formula is C22H32ClN5O. The maximum Gasteiger partial charge on any atom is 0.250 e. The molecule has 0 unspecified atom stereocenters. The van der Waals surface area contributed by atoms with Gasteiger partial charge in [-0.2, -0.15) is 5.10 Å². The van der Waals surface area contributed by atoms with Gasteiger partial charge in [0.15, 0.2) is 0 Å². The van der Waals surface area contributed by atoms with Gasteiger partial charge in [-0.25, -0.2) is 14.5 Å². The van der Waals surface area contributed by atoms with E-state index in [0.29, 0.717) is 5.78 Å². The quantitative estimate of drug-likeness (QED) is 0.393. The number of rotatable bonds is 12. The van der Waals surface area contributed by atoms with Crippen molar-refractivity contribution in [1.82, 2.24) is 24.5 Å². The van der Waals surface area contributed by atoms with Gasteiger partial charge in [0.05, 0.1) is 19.0 Å². The number of ether oxygens (including phenoxy) is 1. The van der Waals surface area contributed by atoms with E-state index < -0.39 is 0 Å². The average Bonchev–Trinajstić information content (AvgIpc) is 3.21. The second-order valence-corrected chi connectivity index (χ2v) is 7.09. The molecule has 3 rings (SSSR count). The maximum absolute atomic E-state index is 5.94. The van der Waals surface area contributed by atoms with Crippen molar-refractivity contribution in [2.75, 3.05) is 26.2 Å². The van der Waals surface area contributed by atoms with Gasteiger partial charge in [0.2, 0.25) is 0 Å². The molecule has 0 aliphatic carbocycles. The van der Waals surface area contributed by atoms with Crippen LogP contribution in [0.25, 0.3) is 17.0 Å². The van der Waals surface area contributed by atoms with E-state index in [0.717, 1.165) is 36.6 Å². The van der Waals surface area contributed by atoms with E-state index in [1.165, 1.54) is 38.8 Å². The van der Waals surface area contributed by atoms with Gasteiger partial charge in [-0.3, -0.25) is 0 Å². The van der Waals surface area contributed by atoms with E-state index in [1.54, 1.807) is 23.1 Å². The fourth-order valence-electron chi connectivity index (χ4n) is 3.15. The Kier molecular flexibility index (Phi) is 9.88. The van der Waals surface area contributed by atoms with E-state index in [9.17, 15) is 0 Å². The number of aromatic nitrogens is 4. The average molecular weight is 418 g/mol. The van der Waals surface area contributed by atoms with Gasteiger partial charge < -0.3 is 9.64 Å². The number of hydrogen-bond donors (Lipinski definition) is 0. The molecule has 0 saturated heterocycles.